The molecule has 0 aromatic heterocycles. The first-order valence-electron chi connectivity index (χ1n) is 7.59. The van der Waals surface area contributed by atoms with Gasteiger partial charge in [-0.15, -0.1) is 0 Å². The highest BCUT2D eigenvalue weighted by molar-refractivity contribution is 9.10. The lowest BCUT2D eigenvalue weighted by molar-refractivity contribution is -0.112. The number of hydrogen-bond acceptors (Lipinski definition) is 1. The minimum absolute atomic E-state index is 0.182. The largest absolute Gasteiger partial charge is 0.289 e. The van der Waals surface area contributed by atoms with Gasteiger partial charge in [0, 0.05) is 20.1 Å². The molecule has 2 aromatic carbocycles. The maximum atomic E-state index is 12.7. The maximum Gasteiger partial charge on any atom is 0.185 e. The lowest BCUT2D eigenvalue weighted by Crippen LogP contribution is -2.12. The molecule has 0 saturated heterocycles. The van der Waals surface area contributed by atoms with E-state index in [-0.39, 0.29) is 5.78 Å². The molecule has 0 spiro atoms. The van der Waals surface area contributed by atoms with Gasteiger partial charge in [-0.2, -0.15) is 0 Å². The Morgan fingerprint density at radius 2 is 1.09 bits per heavy atom. The van der Waals surface area contributed by atoms with Crippen LogP contribution in [0.4, 0.5) is 0 Å². The van der Waals surface area contributed by atoms with E-state index in [0.717, 1.165) is 50.5 Å². The van der Waals surface area contributed by atoms with E-state index in [9.17, 15) is 4.79 Å². The summed E-state index contributed by atoms with van der Waals surface area (Å²) in [6.07, 6.45) is 6.77. The van der Waals surface area contributed by atoms with Crippen LogP contribution in [0.3, 0.4) is 0 Å². The van der Waals surface area contributed by atoms with Crippen molar-refractivity contribution in [1.29, 1.82) is 0 Å². The van der Waals surface area contributed by atoms with Gasteiger partial charge in [-0.05, 0) is 66.8 Å². The summed E-state index contributed by atoms with van der Waals surface area (Å²) in [6, 6.07) is 16.1. The molecule has 3 rings (SSSR count). The zero-order valence-electron chi connectivity index (χ0n) is 12.6. The molecule has 0 bridgehead atoms. The van der Waals surface area contributed by atoms with Crippen LogP contribution in [0.15, 0.2) is 68.6 Å². The molecule has 0 N–H and O–H groups in total. The quantitative estimate of drug-likeness (QED) is 0.500. The maximum absolute atomic E-state index is 12.7. The fraction of sp³-hybridized carbons (Fsp3) is 0.150. The lowest BCUT2D eigenvalue weighted by atomic mass is 9.87. The lowest BCUT2D eigenvalue weighted by Gasteiger charge is -2.16. The summed E-state index contributed by atoms with van der Waals surface area (Å²) in [5.41, 5.74) is 3.95. The van der Waals surface area contributed by atoms with Gasteiger partial charge in [-0.3, -0.25) is 4.79 Å². The van der Waals surface area contributed by atoms with Crippen molar-refractivity contribution < 1.29 is 4.79 Å². The predicted molar refractivity (Wildman–Crippen MR) is 103 cm³/mol. The summed E-state index contributed by atoms with van der Waals surface area (Å²) >= 11 is 6.87. The summed E-state index contributed by atoms with van der Waals surface area (Å²) in [7, 11) is 0. The van der Waals surface area contributed by atoms with Crippen LogP contribution in [-0.4, -0.2) is 5.78 Å². The number of halogens is 2. The fourth-order valence-electron chi connectivity index (χ4n) is 2.70. The number of benzene rings is 2. The van der Waals surface area contributed by atoms with Crippen LogP contribution in [0, 0.1) is 0 Å². The van der Waals surface area contributed by atoms with Crippen LogP contribution in [0.5, 0.6) is 0 Å². The molecule has 2 aromatic rings. The van der Waals surface area contributed by atoms with Gasteiger partial charge in [0.25, 0.3) is 0 Å². The molecule has 1 aliphatic rings. The summed E-state index contributed by atoms with van der Waals surface area (Å²) < 4.78 is 2.09. The van der Waals surface area contributed by atoms with Crippen molar-refractivity contribution in [3.05, 3.63) is 79.7 Å². The first-order valence-corrected chi connectivity index (χ1v) is 9.17. The van der Waals surface area contributed by atoms with Gasteiger partial charge in [0.1, 0.15) is 0 Å². The van der Waals surface area contributed by atoms with Crippen LogP contribution < -0.4 is 0 Å². The second-order valence-corrected chi connectivity index (χ2v) is 7.46. The Morgan fingerprint density at radius 1 is 0.696 bits per heavy atom. The Labute approximate surface area is 153 Å². The van der Waals surface area contributed by atoms with Crippen LogP contribution in [0.2, 0.25) is 0 Å². The predicted octanol–water partition coefficient (Wildman–Crippen LogP) is 6.43. The molecule has 3 heteroatoms. The van der Waals surface area contributed by atoms with E-state index in [0.29, 0.717) is 0 Å². The van der Waals surface area contributed by atoms with E-state index in [1.807, 2.05) is 60.7 Å². The number of Topliss-reactive ketones (excluding diaryl/α,β-unsaturated/α-hetero) is 1. The minimum Gasteiger partial charge on any atom is -0.289 e. The summed E-state index contributed by atoms with van der Waals surface area (Å²) in [5.74, 6) is 0.182. The van der Waals surface area contributed by atoms with Gasteiger partial charge in [-0.25, -0.2) is 0 Å². The van der Waals surface area contributed by atoms with Gasteiger partial charge in [0.2, 0.25) is 0 Å². The number of ketones is 1. The highest BCUT2D eigenvalue weighted by Crippen LogP contribution is 2.28. The Morgan fingerprint density at radius 3 is 1.48 bits per heavy atom. The van der Waals surface area contributed by atoms with Gasteiger partial charge >= 0.3 is 0 Å². The van der Waals surface area contributed by atoms with Gasteiger partial charge in [0.15, 0.2) is 5.78 Å². The monoisotopic (exact) mass is 430 g/mol. The molecule has 0 unspecified atom stereocenters. The highest BCUT2D eigenvalue weighted by atomic mass is 79.9. The van der Waals surface area contributed by atoms with E-state index in [4.69, 9.17) is 0 Å². The van der Waals surface area contributed by atoms with Crippen LogP contribution >= 0.6 is 31.9 Å². The molecule has 0 atom stereocenters. The number of carbonyl (C=O) groups is 1. The SMILES string of the molecule is O=C1/C(=C/c2ccc(Br)cc2)CCC/C1=C\c1ccc(Br)cc1. The first-order chi connectivity index (χ1) is 11.1. The third kappa shape index (κ3) is 4.30. The van der Waals surface area contributed by atoms with E-state index in [1.54, 1.807) is 0 Å². The van der Waals surface area contributed by atoms with Crippen molar-refractivity contribution in [2.45, 2.75) is 19.3 Å². The second kappa shape index (κ2) is 7.41. The Kier molecular flexibility index (Phi) is 5.29. The molecule has 1 aliphatic carbocycles. The minimum atomic E-state index is 0.182. The third-order valence-corrected chi connectivity index (χ3v) is 4.95. The van der Waals surface area contributed by atoms with Crippen LogP contribution in [0.1, 0.15) is 30.4 Å². The zero-order chi connectivity index (χ0) is 16.2. The van der Waals surface area contributed by atoms with Crippen molar-refractivity contribution >= 4 is 49.8 Å². The molecule has 23 heavy (non-hydrogen) atoms. The molecule has 1 fully saturated rings. The van der Waals surface area contributed by atoms with Crippen molar-refractivity contribution in [3.63, 3.8) is 0 Å². The average molecular weight is 432 g/mol. The number of hydrogen-bond donors (Lipinski definition) is 0. The van der Waals surface area contributed by atoms with Crippen molar-refractivity contribution in [1.82, 2.24) is 0 Å². The standard InChI is InChI=1S/C20H16Br2O/c21-18-8-4-14(5-9-18)12-16-2-1-3-17(20(16)23)13-15-6-10-19(22)11-7-15/h4-13H,1-3H2/b16-12+,17-13+. The van der Waals surface area contributed by atoms with Gasteiger partial charge in [-0.1, -0.05) is 56.1 Å². The summed E-state index contributed by atoms with van der Waals surface area (Å²) in [6.45, 7) is 0. The fourth-order valence-corrected chi connectivity index (χ4v) is 3.23. The Hall–Kier alpha value is -1.45. The zero-order valence-corrected chi connectivity index (χ0v) is 15.7. The highest BCUT2D eigenvalue weighted by Gasteiger charge is 2.20. The van der Waals surface area contributed by atoms with E-state index in [2.05, 4.69) is 31.9 Å². The third-order valence-electron chi connectivity index (χ3n) is 3.90. The molecule has 116 valence electrons. The van der Waals surface area contributed by atoms with E-state index < -0.39 is 0 Å². The normalized spacial score (nSPS) is 18.6. The summed E-state index contributed by atoms with van der Waals surface area (Å²) in [5, 5.41) is 0. The van der Waals surface area contributed by atoms with Crippen molar-refractivity contribution in [3.8, 4) is 0 Å². The first kappa shape index (κ1) is 16.4. The topological polar surface area (TPSA) is 17.1 Å². The molecule has 0 amide bonds. The molecule has 1 saturated carbocycles. The van der Waals surface area contributed by atoms with Crippen molar-refractivity contribution in [2.24, 2.45) is 0 Å². The van der Waals surface area contributed by atoms with Gasteiger partial charge in [0.05, 0.1) is 0 Å². The molecular formula is C20H16Br2O. The molecule has 1 nitrogen and oxygen atoms in total. The smallest absolute Gasteiger partial charge is 0.185 e. The van der Waals surface area contributed by atoms with Gasteiger partial charge < -0.3 is 0 Å². The van der Waals surface area contributed by atoms with Crippen LogP contribution in [-0.2, 0) is 4.79 Å². The Balaban J connectivity index is 1.86. The average Bonchev–Trinajstić information content (AvgIpc) is 2.55. The molecular weight excluding hydrogens is 416 g/mol. The Bertz CT molecular complexity index is 703. The second-order valence-electron chi connectivity index (χ2n) is 5.62. The van der Waals surface area contributed by atoms with E-state index in [1.165, 1.54) is 0 Å². The van der Waals surface area contributed by atoms with E-state index >= 15 is 0 Å². The molecule has 0 heterocycles. The summed E-state index contributed by atoms with van der Waals surface area (Å²) in [4.78, 5) is 12.7. The van der Waals surface area contributed by atoms with Crippen molar-refractivity contribution in [2.75, 3.05) is 0 Å². The molecule has 0 radical (unpaired) electrons. The number of carbonyl (C=O) groups excluding carboxylic acids is 1. The number of rotatable bonds is 2. The van der Waals surface area contributed by atoms with Crippen LogP contribution in [0.25, 0.3) is 12.2 Å². The molecule has 0 aliphatic heterocycles. The number of allylic oxidation sites excluding steroid dienone is 2.